The van der Waals surface area contributed by atoms with Crippen molar-refractivity contribution in [1.29, 1.82) is 0 Å². The number of unbranched alkanes of at least 4 members (excludes halogenated alkanes) is 2. The third-order valence-corrected chi connectivity index (χ3v) is 3.52. The Morgan fingerprint density at radius 2 is 2.12 bits per heavy atom. The lowest BCUT2D eigenvalue weighted by Gasteiger charge is -2.05. The molecule has 0 unspecified atom stereocenters. The van der Waals surface area contributed by atoms with Crippen molar-refractivity contribution in [2.75, 3.05) is 6.26 Å². The van der Waals surface area contributed by atoms with Gasteiger partial charge in [-0.15, -0.1) is 17.7 Å². The van der Waals surface area contributed by atoms with Crippen LogP contribution in [0.3, 0.4) is 0 Å². The molecule has 0 radical (unpaired) electrons. The van der Waals surface area contributed by atoms with Crippen molar-refractivity contribution < 1.29 is 0 Å². The predicted molar refractivity (Wildman–Crippen MR) is 74.2 cm³/mol. The van der Waals surface area contributed by atoms with E-state index in [2.05, 4.69) is 31.1 Å². The van der Waals surface area contributed by atoms with E-state index in [-0.39, 0.29) is 0 Å². The smallest absolute Gasteiger partial charge is 0.0458 e. The molecule has 0 aromatic heterocycles. The van der Waals surface area contributed by atoms with Crippen LogP contribution < -0.4 is 0 Å². The molecule has 16 heavy (non-hydrogen) atoms. The minimum atomic E-state index is 0.763. The van der Waals surface area contributed by atoms with E-state index in [0.717, 1.165) is 17.9 Å². The highest BCUT2D eigenvalue weighted by Gasteiger charge is 2.03. The molecule has 0 heterocycles. The number of benzene rings is 1. The van der Waals surface area contributed by atoms with Gasteiger partial charge < -0.3 is 0 Å². The van der Waals surface area contributed by atoms with Crippen molar-refractivity contribution in [1.82, 2.24) is 0 Å². The van der Waals surface area contributed by atoms with Crippen molar-refractivity contribution >= 4 is 23.4 Å². The summed E-state index contributed by atoms with van der Waals surface area (Å²) in [6.45, 7) is 2.18. The highest BCUT2D eigenvalue weighted by Crippen LogP contribution is 2.27. The van der Waals surface area contributed by atoms with Gasteiger partial charge in [0.1, 0.15) is 0 Å². The van der Waals surface area contributed by atoms with Gasteiger partial charge in [0, 0.05) is 22.8 Å². The molecular formula is C14H17ClS. The van der Waals surface area contributed by atoms with Crippen molar-refractivity contribution in [2.45, 2.75) is 37.5 Å². The van der Waals surface area contributed by atoms with E-state index in [1.807, 2.05) is 12.1 Å². The van der Waals surface area contributed by atoms with E-state index >= 15 is 0 Å². The monoisotopic (exact) mass is 252 g/mol. The molecule has 1 rings (SSSR count). The molecule has 0 fully saturated rings. The highest BCUT2D eigenvalue weighted by molar-refractivity contribution is 7.98. The Labute approximate surface area is 108 Å². The number of thioether (sulfide) groups is 1. The molecule has 86 valence electrons. The van der Waals surface area contributed by atoms with Gasteiger partial charge in [-0.2, -0.15) is 0 Å². The van der Waals surface area contributed by atoms with Crippen LogP contribution in [0.15, 0.2) is 23.1 Å². The number of hydrogen-bond acceptors (Lipinski definition) is 1. The molecule has 0 amide bonds. The van der Waals surface area contributed by atoms with Crippen molar-refractivity contribution in [3.63, 3.8) is 0 Å². The second-order valence-electron chi connectivity index (χ2n) is 3.55. The van der Waals surface area contributed by atoms with Gasteiger partial charge in [0.2, 0.25) is 0 Å². The van der Waals surface area contributed by atoms with Crippen LogP contribution in [0.2, 0.25) is 5.02 Å². The number of halogens is 1. The first-order chi connectivity index (χ1) is 7.79. The molecule has 2 heteroatoms. The SMILES string of the molecule is CCCCC#CCc1c(Cl)cccc1SC. The third kappa shape index (κ3) is 4.12. The Morgan fingerprint density at radius 1 is 1.31 bits per heavy atom. The molecule has 0 bridgehead atoms. The van der Waals surface area contributed by atoms with E-state index in [1.54, 1.807) is 11.8 Å². The van der Waals surface area contributed by atoms with Gasteiger partial charge >= 0.3 is 0 Å². The largest absolute Gasteiger partial charge is 0.129 e. The fourth-order valence-corrected chi connectivity index (χ4v) is 2.35. The summed E-state index contributed by atoms with van der Waals surface area (Å²) in [5, 5.41) is 0.830. The zero-order chi connectivity index (χ0) is 11.8. The summed E-state index contributed by atoms with van der Waals surface area (Å²) in [5.41, 5.74) is 1.17. The minimum Gasteiger partial charge on any atom is -0.129 e. The lowest BCUT2D eigenvalue weighted by Crippen LogP contribution is -1.87. The topological polar surface area (TPSA) is 0 Å². The molecule has 1 aromatic carbocycles. The summed E-state index contributed by atoms with van der Waals surface area (Å²) in [7, 11) is 0. The zero-order valence-electron chi connectivity index (χ0n) is 9.85. The van der Waals surface area contributed by atoms with E-state index in [4.69, 9.17) is 11.6 Å². The molecule has 0 aliphatic carbocycles. The molecule has 0 saturated heterocycles. The molecule has 0 atom stereocenters. The van der Waals surface area contributed by atoms with Gasteiger partial charge in [-0.25, -0.2) is 0 Å². The maximum Gasteiger partial charge on any atom is 0.0458 e. The summed E-state index contributed by atoms with van der Waals surface area (Å²) < 4.78 is 0. The van der Waals surface area contributed by atoms with Crippen LogP contribution in [0.4, 0.5) is 0 Å². The van der Waals surface area contributed by atoms with Crippen molar-refractivity contribution in [2.24, 2.45) is 0 Å². The highest BCUT2D eigenvalue weighted by atomic mass is 35.5. The van der Waals surface area contributed by atoms with Crippen LogP contribution in [0.5, 0.6) is 0 Å². The van der Waals surface area contributed by atoms with Crippen molar-refractivity contribution in [3.8, 4) is 11.8 Å². The maximum atomic E-state index is 6.17. The summed E-state index contributed by atoms with van der Waals surface area (Å²) >= 11 is 7.89. The van der Waals surface area contributed by atoms with Crippen LogP contribution in [-0.4, -0.2) is 6.26 Å². The van der Waals surface area contributed by atoms with Gasteiger partial charge in [-0.3, -0.25) is 0 Å². The van der Waals surface area contributed by atoms with Crippen LogP contribution in [0, 0.1) is 11.8 Å². The molecule has 0 aliphatic heterocycles. The Balaban J connectivity index is 2.67. The van der Waals surface area contributed by atoms with Crippen LogP contribution in [0.1, 0.15) is 31.7 Å². The summed E-state index contributed by atoms with van der Waals surface area (Å²) in [4.78, 5) is 1.23. The summed E-state index contributed by atoms with van der Waals surface area (Å²) in [6.07, 6.45) is 6.22. The third-order valence-electron chi connectivity index (χ3n) is 2.34. The fraction of sp³-hybridized carbons (Fsp3) is 0.429. The first kappa shape index (κ1) is 13.5. The summed E-state index contributed by atoms with van der Waals surface area (Å²) in [5.74, 6) is 6.40. The molecule has 0 aliphatic rings. The lowest BCUT2D eigenvalue weighted by molar-refractivity contribution is 0.827. The van der Waals surface area contributed by atoms with E-state index in [9.17, 15) is 0 Å². The molecule has 0 spiro atoms. The quantitative estimate of drug-likeness (QED) is 0.422. The Kier molecular flexibility index (Phi) is 6.45. The summed E-state index contributed by atoms with van der Waals surface area (Å²) in [6, 6.07) is 6.02. The second kappa shape index (κ2) is 7.65. The normalized spacial score (nSPS) is 9.69. The fourth-order valence-electron chi connectivity index (χ4n) is 1.41. The number of hydrogen-bond donors (Lipinski definition) is 0. The first-order valence-electron chi connectivity index (χ1n) is 5.56. The molecule has 0 saturated carbocycles. The Bertz CT molecular complexity index is 387. The maximum absolute atomic E-state index is 6.17. The minimum absolute atomic E-state index is 0.763. The van der Waals surface area contributed by atoms with Gasteiger partial charge in [0.05, 0.1) is 0 Å². The van der Waals surface area contributed by atoms with E-state index < -0.39 is 0 Å². The first-order valence-corrected chi connectivity index (χ1v) is 7.17. The lowest BCUT2D eigenvalue weighted by atomic mass is 10.1. The van der Waals surface area contributed by atoms with Gasteiger partial charge in [0.25, 0.3) is 0 Å². The van der Waals surface area contributed by atoms with Crippen LogP contribution in [-0.2, 0) is 6.42 Å². The standard InChI is InChI=1S/C14H17ClS/c1-3-4-5-6-7-9-12-13(15)10-8-11-14(12)16-2/h8,10-11H,3-5,9H2,1-2H3. The van der Waals surface area contributed by atoms with Crippen LogP contribution >= 0.6 is 23.4 Å². The molecule has 0 nitrogen and oxygen atoms in total. The number of rotatable bonds is 4. The zero-order valence-corrected chi connectivity index (χ0v) is 11.4. The predicted octanol–water partition coefficient (Wildman–Crippen LogP) is 4.80. The molecule has 1 aromatic rings. The Morgan fingerprint density at radius 3 is 2.81 bits per heavy atom. The molecular weight excluding hydrogens is 236 g/mol. The van der Waals surface area contributed by atoms with Gasteiger partial charge in [0.15, 0.2) is 0 Å². The average molecular weight is 253 g/mol. The van der Waals surface area contributed by atoms with Crippen molar-refractivity contribution in [3.05, 3.63) is 28.8 Å². The van der Waals surface area contributed by atoms with Gasteiger partial charge in [-0.05, 0) is 30.4 Å². The van der Waals surface area contributed by atoms with E-state index in [1.165, 1.54) is 23.3 Å². The second-order valence-corrected chi connectivity index (χ2v) is 4.81. The Hall–Kier alpha value is -0.580. The van der Waals surface area contributed by atoms with Crippen LogP contribution in [0.25, 0.3) is 0 Å². The van der Waals surface area contributed by atoms with Gasteiger partial charge in [-0.1, -0.05) is 36.9 Å². The average Bonchev–Trinajstić information content (AvgIpc) is 2.30. The van der Waals surface area contributed by atoms with E-state index in [0.29, 0.717) is 0 Å². The molecule has 0 N–H and O–H groups in total.